The minimum Gasteiger partial charge on any atom is -0.393 e. The maximum absolute atomic E-state index is 12.4. The largest absolute Gasteiger partial charge is 0.393 e. The Labute approximate surface area is 158 Å². The molecule has 4 rings (SSSR count). The second-order valence-electron chi connectivity index (χ2n) is 9.33. The van der Waals surface area contributed by atoms with Crippen molar-refractivity contribution in [2.45, 2.75) is 63.3 Å². The van der Waals surface area contributed by atoms with E-state index in [0.717, 1.165) is 5.57 Å². The number of carbonyl (C=O) groups is 2. The van der Waals surface area contributed by atoms with Gasteiger partial charge in [0.2, 0.25) is 0 Å². The van der Waals surface area contributed by atoms with E-state index in [1.165, 1.54) is 6.08 Å². The molecule has 0 bridgehead atoms. The summed E-state index contributed by atoms with van der Waals surface area (Å²) in [5, 5.41) is 43.5. The van der Waals surface area contributed by atoms with Crippen molar-refractivity contribution in [3.63, 3.8) is 0 Å². The molecular formula is C21H28O6. The number of allylic oxidation sites excluding steroid dienone is 4. The van der Waals surface area contributed by atoms with Gasteiger partial charge in [-0.25, -0.2) is 0 Å². The normalized spacial score (nSPS) is 51.3. The molecule has 0 radical (unpaired) electrons. The average molecular weight is 376 g/mol. The number of aliphatic hydroxyl groups excluding tert-OH is 2. The molecule has 27 heavy (non-hydrogen) atoms. The van der Waals surface area contributed by atoms with E-state index in [0.29, 0.717) is 12.8 Å². The van der Waals surface area contributed by atoms with Crippen LogP contribution in [-0.2, 0) is 9.59 Å². The lowest BCUT2D eigenvalue weighted by Gasteiger charge is -2.62. The Morgan fingerprint density at radius 3 is 2.63 bits per heavy atom. The van der Waals surface area contributed by atoms with Gasteiger partial charge in [0.15, 0.2) is 11.6 Å². The minimum absolute atomic E-state index is 0.0569. The summed E-state index contributed by atoms with van der Waals surface area (Å²) in [5.41, 5.74) is -3.96. The van der Waals surface area contributed by atoms with Crippen LogP contribution < -0.4 is 0 Å². The monoisotopic (exact) mass is 376 g/mol. The zero-order valence-corrected chi connectivity index (χ0v) is 15.8. The van der Waals surface area contributed by atoms with Gasteiger partial charge in [-0.3, -0.25) is 9.59 Å². The van der Waals surface area contributed by atoms with Crippen LogP contribution in [0.4, 0.5) is 0 Å². The van der Waals surface area contributed by atoms with Crippen molar-refractivity contribution in [1.29, 1.82) is 0 Å². The number of rotatable bonds is 2. The summed E-state index contributed by atoms with van der Waals surface area (Å²) in [6, 6.07) is 0. The molecule has 4 aliphatic rings. The second-order valence-corrected chi connectivity index (χ2v) is 9.33. The fraction of sp³-hybridized carbons (Fsp3) is 0.714. The van der Waals surface area contributed by atoms with Crippen molar-refractivity contribution in [2.75, 3.05) is 6.61 Å². The van der Waals surface area contributed by atoms with Crippen molar-refractivity contribution < 1.29 is 30.0 Å². The molecule has 4 aliphatic carbocycles. The summed E-state index contributed by atoms with van der Waals surface area (Å²) in [6.45, 7) is 2.87. The lowest BCUT2D eigenvalue weighted by Crippen LogP contribution is -2.69. The third-order valence-corrected chi connectivity index (χ3v) is 8.44. The second kappa shape index (κ2) is 5.60. The third kappa shape index (κ3) is 2.10. The van der Waals surface area contributed by atoms with E-state index in [9.17, 15) is 30.0 Å². The molecule has 3 fully saturated rings. The van der Waals surface area contributed by atoms with E-state index in [-0.39, 0.29) is 36.9 Å². The van der Waals surface area contributed by atoms with Gasteiger partial charge in [0.05, 0.1) is 11.7 Å². The summed E-state index contributed by atoms with van der Waals surface area (Å²) >= 11 is 0. The van der Waals surface area contributed by atoms with Gasteiger partial charge in [-0.05, 0) is 50.2 Å². The maximum atomic E-state index is 12.4. The Kier molecular flexibility index (Phi) is 3.94. The first-order chi connectivity index (χ1) is 12.5. The van der Waals surface area contributed by atoms with Crippen molar-refractivity contribution in [3.05, 3.63) is 23.8 Å². The van der Waals surface area contributed by atoms with E-state index < -0.39 is 40.5 Å². The number of aliphatic hydroxyl groups is 4. The highest BCUT2D eigenvalue weighted by Gasteiger charge is 2.74. The predicted octanol–water partition coefficient (Wildman–Crippen LogP) is 0.672. The summed E-state index contributed by atoms with van der Waals surface area (Å²) in [6.07, 6.45) is 5.76. The molecule has 6 heteroatoms. The molecule has 0 aromatic carbocycles. The maximum Gasteiger partial charge on any atom is 0.190 e. The molecule has 0 amide bonds. The van der Waals surface area contributed by atoms with E-state index in [1.807, 2.05) is 13.0 Å². The Hall–Kier alpha value is -1.34. The molecule has 7 atom stereocenters. The fourth-order valence-electron chi connectivity index (χ4n) is 6.86. The smallest absolute Gasteiger partial charge is 0.190 e. The van der Waals surface area contributed by atoms with Gasteiger partial charge in [-0.2, -0.15) is 0 Å². The molecule has 3 saturated carbocycles. The zero-order chi connectivity index (χ0) is 19.8. The quantitative estimate of drug-likeness (QED) is 0.563. The molecule has 148 valence electrons. The number of fused-ring (bicyclic) bond motifs is 5. The van der Waals surface area contributed by atoms with Gasteiger partial charge in [0.1, 0.15) is 12.2 Å². The SMILES string of the molecule is C[C@]12C[C@H](O)[C@H]3[C@@H](CCC4=CC(=O)C=C[C@@]43C)[C@]1(O)CC[C@]2(O)C(=O)CO. The van der Waals surface area contributed by atoms with E-state index in [1.54, 1.807) is 13.0 Å². The van der Waals surface area contributed by atoms with Gasteiger partial charge >= 0.3 is 0 Å². The van der Waals surface area contributed by atoms with Gasteiger partial charge in [-0.15, -0.1) is 0 Å². The highest BCUT2D eigenvalue weighted by molar-refractivity contribution is 6.01. The van der Waals surface area contributed by atoms with Crippen LogP contribution in [0, 0.1) is 22.7 Å². The van der Waals surface area contributed by atoms with Gasteiger partial charge in [0, 0.05) is 16.7 Å². The summed E-state index contributed by atoms with van der Waals surface area (Å²) < 4.78 is 0. The summed E-state index contributed by atoms with van der Waals surface area (Å²) in [7, 11) is 0. The third-order valence-electron chi connectivity index (χ3n) is 8.44. The minimum atomic E-state index is -1.85. The highest BCUT2D eigenvalue weighted by atomic mass is 16.3. The molecule has 0 aromatic heterocycles. The number of hydrogen-bond acceptors (Lipinski definition) is 6. The number of hydrogen-bond donors (Lipinski definition) is 4. The van der Waals surface area contributed by atoms with Crippen LogP contribution in [0.25, 0.3) is 0 Å². The average Bonchev–Trinajstić information content (AvgIpc) is 2.83. The van der Waals surface area contributed by atoms with Crippen LogP contribution in [-0.4, -0.2) is 55.9 Å². The van der Waals surface area contributed by atoms with E-state index in [4.69, 9.17) is 0 Å². The Morgan fingerprint density at radius 2 is 1.96 bits per heavy atom. The van der Waals surface area contributed by atoms with Crippen LogP contribution in [0.15, 0.2) is 23.8 Å². The van der Waals surface area contributed by atoms with E-state index >= 15 is 0 Å². The number of Topliss-reactive ketones (excluding diaryl/α,β-unsaturated/α-hetero) is 1. The van der Waals surface area contributed by atoms with Crippen LogP contribution in [0.2, 0.25) is 0 Å². The van der Waals surface area contributed by atoms with Gasteiger partial charge in [0.25, 0.3) is 0 Å². The van der Waals surface area contributed by atoms with Crippen molar-refractivity contribution in [1.82, 2.24) is 0 Å². The van der Waals surface area contributed by atoms with E-state index in [2.05, 4.69) is 0 Å². The molecule has 0 spiro atoms. The van der Waals surface area contributed by atoms with Crippen molar-refractivity contribution >= 4 is 11.6 Å². The van der Waals surface area contributed by atoms with Crippen molar-refractivity contribution in [3.8, 4) is 0 Å². The lowest BCUT2D eigenvalue weighted by molar-refractivity contribution is -0.239. The molecule has 6 nitrogen and oxygen atoms in total. The standard InChI is InChI=1S/C21H28O6/c1-18-6-5-13(23)9-12(18)3-4-14-17(18)15(24)10-19(2)20(14,26)7-8-21(19,27)16(25)11-22/h5-6,9,14-15,17,22,24,26-27H,3-4,7-8,10-11H2,1-2H3/t14-,15+,17-,18+,19+,20-,21+/m1/s1. The van der Waals surface area contributed by atoms with Crippen LogP contribution in [0.1, 0.15) is 46.0 Å². The first kappa shape index (κ1) is 19.0. The molecule has 0 aliphatic heterocycles. The van der Waals surface area contributed by atoms with Crippen LogP contribution >= 0.6 is 0 Å². The Bertz CT molecular complexity index is 771. The first-order valence-electron chi connectivity index (χ1n) is 9.75. The van der Waals surface area contributed by atoms with Gasteiger partial charge in [-0.1, -0.05) is 25.5 Å². The van der Waals surface area contributed by atoms with Crippen molar-refractivity contribution in [2.24, 2.45) is 22.7 Å². The van der Waals surface area contributed by atoms with Gasteiger partial charge < -0.3 is 20.4 Å². The Balaban J connectivity index is 1.81. The van der Waals surface area contributed by atoms with Crippen LogP contribution in [0.3, 0.4) is 0 Å². The summed E-state index contributed by atoms with van der Waals surface area (Å²) in [4.78, 5) is 24.2. The number of carbonyl (C=O) groups excluding carboxylic acids is 2. The molecule has 0 heterocycles. The lowest BCUT2D eigenvalue weighted by atomic mass is 9.44. The molecule has 0 saturated heterocycles. The molecule has 4 N–H and O–H groups in total. The number of ketones is 2. The molecule has 0 unspecified atom stereocenters. The Morgan fingerprint density at radius 1 is 1.26 bits per heavy atom. The fourth-order valence-corrected chi connectivity index (χ4v) is 6.86. The zero-order valence-electron chi connectivity index (χ0n) is 15.8. The molecular weight excluding hydrogens is 348 g/mol. The highest BCUT2D eigenvalue weighted by Crippen LogP contribution is 2.68. The molecule has 0 aromatic rings. The topological polar surface area (TPSA) is 115 Å². The van der Waals surface area contributed by atoms with Crippen LogP contribution in [0.5, 0.6) is 0 Å². The predicted molar refractivity (Wildman–Crippen MR) is 96.5 cm³/mol. The first-order valence-corrected chi connectivity index (χ1v) is 9.75. The summed E-state index contributed by atoms with van der Waals surface area (Å²) in [5.74, 6) is -1.37.